The lowest BCUT2D eigenvalue weighted by Crippen LogP contribution is -2.35. The first-order valence-electron chi connectivity index (χ1n) is 7.78. The van der Waals surface area contributed by atoms with Crippen molar-refractivity contribution >= 4 is 16.0 Å². The predicted molar refractivity (Wildman–Crippen MR) is 86.6 cm³/mol. The van der Waals surface area contributed by atoms with E-state index in [1.807, 2.05) is 6.07 Å². The van der Waals surface area contributed by atoms with Crippen molar-refractivity contribution in [3.63, 3.8) is 0 Å². The quantitative estimate of drug-likeness (QED) is 0.709. The fraction of sp³-hybridized carbons (Fsp3) is 0.562. The third-order valence-electron chi connectivity index (χ3n) is 3.74. The summed E-state index contributed by atoms with van der Waals surface area (Å²) >= 11 is 0. The fourth-order valence-electron chi connectivity index (χ4n) is 2.46. The van der Waals surface area contributed by atoms with Gasteiger partial charge >= 0.3 is 10.1 Å². The zero-order chi connectivity index (χ0) is 16.9. The maximum Gasteiger partial charge on any atom is 0.308 e. The van der Waals surface area contributed by atoms with Crippen molar-refractivity contribution in [1.82, 2.24) is 4.90 Å². The van der Waals surface area contributed by atoms with Crippen LogP contribution >= 0.6 is 0 Å². The average Bonchev–Trinajstić information content (AvgIpc) is 2.99. The molecule has 2 rings (SSSR count). The summed E-state index contributed by atoms with van der Waals surface area (Å²) in [5.41, 5.74) is 0.821. The van der Waals surface area contributed by atoms with Crippen LogP contribution in [0.15, 0.2) is 24.3 Å². The molecule has 1 aliphatic heterocycles. The van der Waals surface area contributed by atoms with Gasteiger partial charge in [0.15, 0.2) is 0 Å². The van der Waals surface area contributed by atoms with Crippen LogP contribution in [0.3, 0.4) is 0 Å². The first kappa shape index (κ1) is 17.7. The number of amides is 1. The standard InChI is InChI=1S/C16H23NO5S/c1-3-23(19,20)22-15-7-4-6-14(10-15)11-17(13(2)18)12-16-8-5-9-21-16/h4,6-7,10,16H,3,5,8-9,11-12H2,1-2H3/t16-/m0/s1. The van der Waals surface area contributed by atoms with Gasteiger partial charge in [-0.05, 0) is 37.5 Å². The topological polar surface area (TPSA) is 72.9 Å². The number of carbonyl (C=O) groups excluding carboxylic acids is 1. The lowest BCUT2D eigenvalue weighted by molar-refractivity contribution is -0.131. The van der Waals surface area contributed by atoms with E-state index in [1.54, 1.807) is 23.1 Å². The van der Waals surface area contributed by atoms with E-state index in [-0.39, 0.29) is 23.5 Å². The molecule has 0 spiro atoms. The van der Waals surface area contributed by atoms with Gasteiger partial charge < -0.3 is 13.8 Å². The highest BCUT2D eigenvalue weighted by Gasteiger charge is 2.21. The van der Waals surface area contributed by atoms with Crippen LogP contribution in [0.4, 0.5) is 0 Å². The molecule has 1 saturated heterocycles. The molecule has 1 amide bonds. The molecule has 0 aromatic heterocycles. The minimum absolute atomic E-state index is 0.0343. The first-order valence-corrected chi connectivity index (χ1v) is 9.35. The van der Waals surface area contributed by atoms with Crippen molar-refractivity contribution in [3.8, 4) is 5.75 Å². The number of rotatable bonds is 7. The van der Waals surface area contributed by atoms with Crippen LogP contribution in [0.1, 0.15) is 32.3 Å². The molecule has 1 heterocycles. The number of nitrogens with zero attached hydrogens (tertiary/aromatic N) is 1. The minimum Gasteiger partial charge on any atom is -0.382 e. The van der Waals surface area contributed by atoms with E-state index in [0.29, 0.717) is 13.1 Å². The smallest absolute Gasteiger partial charge is 0.308 e. The van der Waals surface area contributed by atoms with Crippen LogP contribution in [-0.2, 0) is 26.2 Å². The van der Waals surface area contributed by atoms with Crippen LogP contribution in [0.25, 0.3) is 0 Å². The van der Waals surface area contributed by atoms with Gasteiger partial charge in [-0.15, -0.1) is 0 Å². The van der Waals surface area contributed by atoms with Gasteiger partial charge in [0, 0.05) is 26.6 Å². The largest absolute Gasteiger partial charge is 0.382 e. The Kier molecular flexibility index (Phi) is 6.01. The van der Waals surface area contributed by atoms with Crippen molar-refractivity contribution in [2.75, 3.05) is 18.9 Å². The molecule has 1 atom stereocenters. The summed E-state index contributed by atoms with van der Waals surface area (Å²) in [6, 6.07) is 6.81. The zero-order valence-electron chi connectivity index (χ0n) is 13.5. The molecular weight excluding hydrogens is 318 g/mol. The maximum atomic E-state index is 11.8. The SMILES string of the molecule is CCS(=O)(=O)Oc1cccc(CN(C[C@@H]2CCCO2)C(C)=O)c1. The molecule has 6 nitrogen and oxygen atoms in total. The van der Waals surface area contributed by atoms with Gasteiger partial charge in [0.1, 0.15) is 5.75 Å². The highest BCUT2D eigenvalue weighted by Crippen LogP contribution is 2.19. The highest BCUT2D eigenvalue weighted by atomic mass is 32.2. The molecule has 0 N–H and O–H groups in total. The highest BCUT2D eigenvalue weighted by molar-refractivity contribution is 7.87. The van der Waals surface area contributed by atoms with Gasteiger partial charge in [-0.2, -0.15) is 8.42 Å². The summed E-state index contributed by atoms with van der Waals surface area (Å²) in [5, 5.41) is 0. The molecule has 0 bridgehead atoms. The van der Waals surface area contributed by atoms with Crippen molar-refractivity contribution in [1.29, 1.82) is 0 Å². The molecule has 0 aliphatic carbocycles. The molecule has 23 heavy (non-hydrogen) atoms. The van der Waals surface area contributed by atoms with E-state index in [2.05, 4.69) is 0 Å². The second-order valence-electron chi connectivity index (χ2n) is 5.61. The van der Waals surface area contributed by atoms with E-state index in [0.717, 1.165) is 25.0 Å². The van der Waals surface area contributed by atoms with Gasteiger partial charge in [0.2, 0.25) is 5.91 Å². The summed E-state index contributed by atoms with van der Waals surface area (Å²) in [4.78, 5) is 13.6. The minimum atomic E-state index is -3.55. The summed E-state index contributed by atoms with van der Waals surface area (Å²) < 4.78 is 33.7. The predicted octanol–water partition coefficient (Wildman–Crippen LogP) is 1.94. The molecule has 128 valence electrons. The van der Waals surface area contributed by atoms with Crippen LogP contribution in [-0.4, -0.2) is 44.2 Å². The molecule has 1 aromatic rings. The normalized spacial score (nSPS) is 17.9. The Morgan fingerprint density at radius 1 is 1.43 bits per heavy atom. The molecule has 1 aromatic carbocycles. The van der Waals surface area contributed by atoms with E-state index >= 15 is 0 Å². The third kappa shape index (κ3) is 5.51. The molecule has 0 radical (unpaired) electrons. The van der Waals surface area contributed by atoms with Crippen molar-refractivity contribution < 1.29 is 22.1 Å². The number of carbonyl (C=O) groups is 1. The van der Waals surface area contributed by atoms with Gasteiger partial charge in [-0.25, -0.2) is 0 Å². The lowest BCUT2D eigenvalue weighted by Gasteiger charge is -2.24. The van der Waals surface area contributed by atoms with Crippen LogP contribution in [0.2, 0.25) is 0 Å². The zero-order valence-corrected chi connectivity index (χ0v) is 14.3. The Bertz CT molecular complexity index is 638. The Morgan fingerprint density at radius 2 is 2.22 bits per heavy atom. The van der Waals surface area contributed by atoms with Crippen LogP contribution < -0.4 is 4.18 Å². The van der Waals surface area contributed by atoms with Crippen LogP contribution in [0.5, 0.6) is 5.75 Å². The van der Waals surface area contributed by atoms with Gasteiger partial charge in [0.05, 0.1) is 11.9 Å². The molecule has 0 unspecified atom stereocenters. The van der Waals surface area contributed by atoms with Gasteiger partial charge in [-0.3, -0.25) is 4.79 Å². The Hall–Kier alpha value is -1.60. The maximum absolute atomic E-state index is 11.8. The van der Waals surface area contributed by atoms with Gasteiger partial charge in [-0.1, -0.05) is 12.1 Å². The molecule has 7 heteroatoms. The van der Waals surface area contributed by atoms with E-state index in [1.165, 1.54) is 13.8 Å². The average molecular weight is 341 g/mol. The van der Waals surface area contributed by atoms with E-state index < -0.39 is 10.1 Å². The Balaban J connectivity index is 2.06. The lowest BCUT2D eigenvalue weighted by atomic mass is 10.1. The Labute approximate surface area is 137 Å². The van der Waals surface area contributed by atoms with Crippen molar-refractivity contribution in [3.05, 3.63) is 29.8 Å². The third-order valence-corrected chi connectivity index (χ3v) is 4.90. The Morgan fingerprint density at radius 3 is 2.83 bits per heavy atom. The first-order chi connectivity index (χ1) is 10.9. The molecule has 1 fully saturated rings. The fourth-order valence-corrected chi connectivity index (χ4v) is 2.97. The molecular formula is C16H23NO5S. The molecule has 1 aliphatic rings. The summed E-state index contributed by atoms with van der Waals surface area (Å²) in [6.45, 7) is 4.75. The number of ether oxygens (including phenoxy) is 1. The van der Waals surface area contributed by atoms with Gasteiger partial charge in [0.25, 0.3) is 0 Å². The summed E-state index contributed by atoms with van der Waals surface area (Å²) in [5.74, 6) is 0.147. The van der Waals surface area contributed by atoms with Crippen molar-refractivity contribution in [2.24, 2.45) is 0 Å². The number of hydrogen-bond donors (Lipinski definition) is 0. The summed E-state index contributed by atoms with van der Waals surface area (Å²) in [6.07, 6.45) is 2.06. The second kappa shape index (κ2) is 7.79. The van der Waals surface area contributed by atoms with Crippen LogP contribution in [0, 0.1) is 0 Å². The number of benzene rings is 1. The number of hydrogen-bond acceptors (Lipinski definition) is 5. The van der Waals surface area contributed by atoms with Crippen molar-refractivity contribution in [2.45, 2.75) is 39.3 Å². The second-order valence-corrected chi connectivity index (χ2v) is 7.47. The monoisotopic (exact) mass is 341 g/mol. The van der Waals surface area contributed by atoms with E-state index in [9.17, 15) is 13.2 Å². The van der Waals surface area contributed by atoms with E-state index in [4.69, 9.17) is 8.92 Å². The summed E-state index contributed by atoms with van der Waals surface area (Å²) in [7, 11) is -3.55. The molecule has 0 saturated carbocycles.